The summed E-state index contributed by atoms with van der Waals surface area (Å²) in [4.78, 5) is 39.4. The number of rotatable bonds is 5. The van der Waals surface area contributed by atoms with E-state index >= 15 is 0 Å². The number of ketones is 3. The number of hydrogen-bond acceptors (Lipinski definition) is 3. The molecular weight excluding hydrogens is 489 g/mol. The summed E-state index contributed by atoms with van der Waals surface area (Å²) in [6.07, 6.45) is -5.10. The van der Waals surface area contributed by atoms with Crippen LogP contribution in [0.1, 0.15) is 91.1 Å². The number of alkyl halides is 3. The lowest BCUT2D eigenvalue weighted by Gasteiger charge is -2.09. The van der Waals surface area contributed by atoms with Crippen LogP contribution in [0.15, 0.2) is 42.5 Å². The Morgan fingerprint density at radius 1 is 0.684 bits per heavy atom. The van der Waals surface area contributed by atoms with Gasteiger partial charge in [0, 0.05) is 22.3 Å². The van der Waals surface area contributed by atoms with Crippen LogP contribution in [0.2, 0.25) is 0 Å². The van der Waals surface area contributed by atoms with Gasteiger partial charge in [-0.1, -0.05) is 49.7 Å². The molecule has 0 amide bonds. The fourth-order valence-electron chi connectivity index (χ4n) is 5.39. The average molecular weight is 519 g/mol. The topological polar surface area (TPSA) is 51.2 Å². The highest BCUT2D eigenvalue weighted by Gasteiger charge is 2.42. The normalized spacial score (nSPS) is 12.0. The second-order valence-corrected chi connectivity index (χ2v) is 10.4. The molecule has 6 heteroatoms. The molecule has 0 aromatic carbocycles. The number of Topliss-reactive ketones (excluding diaryl/α,β-unsaturated/α-hetero) is 2. The Morgan fingerprint density at radius 3 is 1.76 bits per heavy atom. The molecule has 3 nitrogen and oxygen atoms in total. The predicted molar refractivity (Wildman–Crippen MR) is 143 cm³/mol. The van der Waals surface area contributed by atoms with Crippen LogP contribution < -0.4 is 0 Å². The Morgan fingerprint density at radius 2 is 1.24 bits per heavy atom. The number of hydrogen-bond donors (Lipinski definition) is 0. The average Bonchev–Trinajstić information content (AvgIpc) is 3.31. The zero-order valence-electron chi connectivity index (χ0n) is 22.5. The lowest BCUT2D eigenvalue weighted by Crippen LogP contribution is -2.22. The number of halogens is 3. The van der Waals surface area contributed by atoms with Gasteiger partial charge in [0.1, 0.15) is 0 Å². The maximum atomic E-state index is 14.2. The van der Waals surface area contributed by atoms with Crippen LogP contribution in [0.25, 0.3) is 22.3 Å². The van der Waals surface area contributed by atoms with Gasteiger partial charge >= 0.3 is 6.18 Å². The summed E-state index contributed by atoms with van der Waals surface area (Å²) < 4.78 is 40.9. The van der Waals surface area contributed by atoms with Gasteiger partial charge in [0.2, 0.25) is 0 Å². The smallest absolute Gasteiger partial charge is 0.294 e. The highest BCUT2D eigenvalue weighted by atomic mass is 19.4. The van der Waals surface area contributed by atoms with Crippen molar-refractivity contribution in [3.8, 4) is 22.3 Å². The highest BCUT2D eigenvalue weighted by molar-refractivity contribution is 6.23. The summed E-state index contributed by atoms with van der Waals surface area (Å²) in [7, 11) is 0. The van der Waals surface area contributed by atoms with Crippen LogP contribution in [0, 0.1) is 27.7 Å². The third-order valence-electron chi connectivity index (χ3n) is 7.14. The molecule has 0 aromatic heterocycles. The summed E-state index contributed by atoms with van der Waals surface area (Å²) in [6, 6.07) is 11.6. The van der Waals surface area contributed by atoms with Crippen LogP contribution in [0.4, 0.5) is 13.2 Å². The Labute approximate surface area is 220 Å². The molecule has 0 fully saturated rings. The third-order valence-corrected chi connectivity index (χ3v) is 7.14. The van der Waals surface area contributed by atoms with Crippen molar-refractivity contribution in [1.82, 2.24) is 0 Å². The summed E-state index contributed by atoms with van der Waals surface area (Å²) >= 11 is 0. The molecular formula is C32H29F3O3. The lowest BCUT2D eigenvalue weighted by atomic mass is 9.93. The fraction of sp³-hybridized carbons (Fsp3) is 0.281. The monoisotopic (exact) mass is 518 g/mol. The molecule has 0 atom stereocenters. The van der Waals surface area contributed by atoms with E-state index in [1.807, 2.05) is 46.8 Å². The van der Waals surface area contributed by atoms with Crippen molar-refractivity contribution in [2.24, 2.45) is 0 Å². The Hall–Kier alpha value is -3.80. The van der Waals surface area contributed by atoms with E-state index in [-0.39, 0.29) is 28.4 Å². The van der Waals surface area contributed by atoms with Gasteiger partial charge in [0.25, 0.3) is 5.78 Å². The van der Waals surface area contributed by atoms with Crippen molar-refractivity contribution in [2.45, 2.75) is 60.6 Å². The standard InChI is InChI=1S/C32H29F3O3/c1-15(2)21-9-8-17(4)27-23(12-21)24(14-26(27)31(38)32(33,34)35)30(37)25-13-22(20(7)36)28-18(5)10-16(3)11-19(6)29(25)28/h8-15H,1-7H3. The summed E-state index contributed by atoms with van der Waals surface area (Å²) in [5, 5.41) is 0. The molecule has 4 aliphatic carbocycles. The first-order chi connectivity index (χ1) is 17.6. The van der Waals surface area contributed by atoms with E-state index in [1.54, 1.807) is 25.1 Å². The van der Waals surface area contributed by atoms with Gasteiger partial charge in [-0.15, -0.1) is 0 Å². The molecule has 0 unspecified atom stereocenters. The van der Waals surface area contributed by atoms with E-state index in [0.717, 1.165) is 28.3 Å². The van der Waals surface area contributed by atoms with Crippen LogP contribution >= 0.6 is 0 Å². The Bertz CT molecular complexity index is 1570. The van der Waals surface area contributed by atoms with E-state index in [9.17, 15) is 27.6 Å². The lowest BCUT2D eigenvalue weighted by molar-refractivity contribution is -0.0884. The molecule has 0 spiro atoms. The predicted octanol–water partition coefficient (Wildman–Crippen LogP) is 8.43. The molecule has 4 aliphatic rings. The summed E-state index contributed by atoms with van der Waals surface area (Å²) in [5.41, 5.74) is 5.54. The molecule has 38 heavy (non-hydrogen) atoms. The van der Waals surface area contributed by atoms with E-state index in [2.05, 4.69) is 0 Å². The van der Waals surface area contributed by atoms with Crippen molar-refractivity contribution in [2.75, 3.05) is 0 Å². The zero-order chi connectivity index (χ0) is 28.3. The van der Waals surface area contributed by atoms with Crippen LogP contribution in [-0.2, 0) is 0 Å². The van der Waals surface area contributed by atoms with Gasteiger partial charge in [-0.2, -0.15) is 13.2 Å². The largest absolute Gasteiger partial charge is 0.454 e. The van der Waals surface area contributed by atoms with Crippen molar-refractivity contribution in [3.05, 3.63) is 92.5 Å². The molecule has 0 saturated carbocycles. The van der Waals surface area contributed by atoms with Crippen molar-refractivity contribution >= 4 is 17.3 Å². The molecule has 0 aromatic rings. The van der Waals surface area contributed by atoms with Gasteiger partial charge in [-0.25, -0.2) is 0 Å². The summed E-state index contributed by atoms with van der Waals surface area (Å²) in [6.45, 7) is 12.6. The second-order valence-electron chi connectivity index (χ2n) is 10.4. The van der Waals surface area contributed by atoms with Crippen LogP contribution in [0.3, 0.4) is 0 Å². The first kappa shape index (κ1) is 27.2. The molecule has 196 valence electrons. The Balaban J connectivity index is 2.10. The molecule has 0 bridgehead atoms. The molecule has 4 rings (SSSR count). The minimum Gasteiger partial charge on any atom is -0.294 e. The second kappa shape index (κ2) is 9.50. The van der Waals surface area contributed by atoms with E-state index < -0.39 is 23.3 Å². The van der Waals surface area contributed by atoms with E-state index in [1.165, 1.54) is 13.0 Å². The van der Waals surface area contributed by atoms with Crippen LogP contribution in [-0.4, -0.2) is 23.5 Å². The number of carbonyl (C=O) groups excluding carboxylic acids is 3. The molecule has 0 aliphatic heterocycles. The maximum Gasteiger partial charge on any atom is 0.454 e. The third kappa shape index (κ3) is 4.53. The minimum absolute atomic E-state index is 0.0103. The van der Waals surface area contributed by atoms with Crippen molar-refractivity contribution in [3.63, 3.8) is 0 Å². The van der Waals surface area contributed by atoms with E-state index in [0.29, 0.717) is 27.8 Å². The zero-order valence-corrected chi connectivity index (χ0v) is 22.5. The number of fused-ring (bicyclic) bond motifs is 2. The SMILES string of the molecule is CC(=O)c1cc(C(=O)c2cc(C(=O)C(F)(F)F)c3c(C)ccc(C(C)C)cc2-3)c2c(C)cc(C)cc(C)c1-2. The maximum absolute atomic E-state index is 14.2. The van der Waals surface area contributed by atoms with Crippen molar-refractivity contribution in [1.29, 1.82) is 0 Å². The van der Waals surface area contributed by atoms with Gasteiger partial charge in [-0.3, -0.25) is 14.4 Å². The quantitative estimate of drug-likeness (QED) is 0.249. The fourth-order valence-corrected chi connectivity index (χ4v) is 5.39. The first-order valence-corrected chi connectivity index (χ1v) is 12.4. The number of carbonyl (C=O) groups is 3. The number of aryl methyl sites for hydroxylation is 4. The Kier molecular flexibility index (Phi) is 6.81. The summed E-state index contributed by atoms with van der Waals surface area (Å²) in [5.74, 6) is -2.71. The van der Waals surface area contributed by atoms with Gasteiger partial charge in [0.05, 0.1) is 0 Å². The van der Waals surface area contributed by atoms with Gasteiger partial charge in [0.15, 0.2) is 11.6 Å². The highest BCUT2D eigenvalue weighted by Crippen LogP contribution is 2.43. The first-order valence-electron chi connectivity index (χ1n) is 12.4. The molecule has 0 saturated heterocycles. The molecule has 0 N–H and O–H groups in total. The van der Waals surface area contributed by atoms with E-state index in [4.69, 9.17) is 0 Å². The van der Waals surface area contributed by atoms with Crippen LogP contribution in [0.5, 0.6) is 0 Å². The molecule has 0 heterocycles. The molecule has 0 radical (unpaired) electrons. The van der Waals surface area contributed by atoms with Crippen molar-refractivity contribution < 1.29 is 27.6 Å². The van der Waals surface area contributed by atoms with Gasteiger partial charge < -0.3 is 0 Å². The van der Waals surface area contributed by atoms with Gasteiger partial charge in [-0.05, 0) is 97.2 Å². The minimum atomic E-state index is -5.10.